The van der Waals surface area contributed by atoms with Gasteiger partial charge in [0.25, 0.3) is 0 Å². The van der Waals surface area contributed by atoms with Gasteiger partial charge in [-0.15, -0.1) is 11.3 Å². The van der Waals surface area contributed by atoms with Crippen molar-refractivity contribution in [3.63, 3.8) is 0 Å². The van der Waals surface area contributed by atoms with Crippen LogP contribution in [-0.2, 0) is 0 Å². The van der Waals surface area contributed by atoms with E-state index in [0.717, 1.165) is 11.2 Å². The molecule has 2 aromatic rings. The molecule has 0 unspecified atom stereocenters. The minimum absolute atomic E-state index is 0.770. The van der Waals surface area contributed by atoms with Crippen LogP contribution in [0.2, 0.25) is 0 Å². The fraction of sp³-hybridized carbons (Fsp3) is 0.125. The Morgan fingerprint density at radius 3 is 3.00 bits per heavy atom. The number of thiazole rings is 1. The van der Waals surface area contributed by atoms with Gasteiger partial charge in [0.05, 0.1) is 15.9 Å². The quantitative estimate of drug-likeness (QED) is 0.606. The molecule has 0 radical (unpaired) electrons. The number of hydrogen-bond donors (Lipinski definition) is 1. The standard InChI is InChI=1S/C8H8N2S/c1-5-2-3-6(9)7-8(5)11-4-10-7/h2-4H,9H2,1H3. The highest BCUT2D eigenvalue weighted by Crippen LogP contribution is 2.26. The molecule has 0 aliphatic carbocycles. The number of fused-ring (bicyclic) bond motifs is 1. The molecule has 11 heavy (non-hydrogen) atoms. The van der Waals surface area contributed by atoms with Gasteiger partial charge in [0.2, 0.25) is 0 Å². The van der Waals surface area contributed by atoms with Gasteiger partial charge in [-0.3, -0.25) is 0 Å². The summed E-state index contributed by atoms with van der Waals surface area (Å²) in [6.45, 7) is 2.07. The van der Waals surface area contributed by atoms with Gasteiger partial charge in [-0.1, -0.05) is 6.07 Å². The van der Waals surface area contributed by atoms with Gasteiger partial charge >= 0.3 is 0 Å². The van der Waals surface area contributed by atoms with Gasteiger partial charge in [-0.2, -0.15) is 0 Å². The molecule has 1 heterocycles. The maximum atomic E-state index is 5.71. The van der Waals surface area contributed by atoms with Crippen LogP contribution in [0, 0.1) is 6.92 Å². The van der Waals surface area contributed by atoms with Crippen molar-refractivity contribution in [2.24, 2.45) is 0 Å². The predicted octanol–water partition coefficient (Wildman–Crippen LogP) is 2.19. The molecule has 1 aromatic heterocycles. The van der Waals surface area contributed by atoms with Gasteiger partial charge in [-0.05, 0) is 18.6 Å². The molecule has 0 fully saturated rings. The van der Waals surface area contributed by atoms with Crippen LogP contribution in [0.1, 0.15) is 5.56 Å². The summed E-state index contributed by atoms with van der Waals surface area (Å²) in [5.41, 5.74) is 10.5. The van der Waals surface area contributed by atoms with Crippen LogP contribution in [0.4, 0.5) is 5.69 Å². The summed E-state index contributed by atoms with van der Waals surface area (Å²) in [6, 6.07) is 3.92. The molecular formula is C8H8N2S. The second-order valence-electron chi connectivity index (χ2n) is 2.50. The number of nitrogens with zero attached hydrogens (tertiary/aromatic N) is 1. The highest BCUT2D eigenvalue weighted by Gasteiger charge is 2.01. The molecule has 0 spiro atoms. The Labute approximate surface area is 68.7 Å². The lowest BCUT2D eigenvalue weighted by molar-refractivity contribution is 1.47. The maximum Gasteiger partial charge on any atom is 0.104 e. The van der Waals surface area contributed by atoms with Gasteiger partial charge in [0.1, 0.15) is 5.52 Å². The van der Waals surface area contributed by atoms with Crippen molar-refractivity contribution < 1.29 is 0 Å². The third-order valence-corrected chi connectivity index (χ3v) is 2.67. The van der Waals surface area contributed by atoms with E-state index >= 15 is 0 Å². The van der Waals surface area contributed by atoms with Gasteiger partial charge in [0.15, 0.2) is 0 Å². The van der Waals surface area contributed by atoms with Crippen molar-refractivity contribution in [1.29, 1.82) is 0 Å². The van der Waals surface area contributed by atoms with Crippen LogP contribution in [0.3, 0.4) is 0 Å². The van der Waals surface area contributed by atoms with E-state index in [-0.39, 0.29) is 0 Å². The van der Waals surface area contributed by atoms with Gasteiger partial charge in [0, 0.05) is 0 Å². The monoisotopic (exact) mass is 164 g/mol. The largest absolute Gasteiger partial charge is 0.397 e. The molecule has 0 saturated carbocycles. The normalized spacial score (nSPS) is 10.6. The minimum atomic E-state index is 0.770. The van der Waals surface area contributed by atoms with Crippen molar-refractivity contribution in [1.82, 2.24) is 4.98 Å². The fourth-order valence-corrected chi connectivity index (χ4v) is 1.90. The summed E-state index contributed by atoms with van der Waals surface area (Å²) in [5.74, 6) is 0. The summed E-state index contributed by atoms with van der Waals surface area (Å²) < 4.78 is 1.20. The first-order valence-electron chi connectivity index (χ1n) is 3.37. The number of nitrogen functional groups attached to an aromatic ring is 1. The fourth-order valence-electron chi connectivity index (χ4n) is 1.10. The zero-order valence-electron chi connectivity index (χ0n) is 6.16. The van der Waals surface area contributed by atoms with Crippen LogP contribution in [0.25, 0.3) is 10.2 Å². The van der Waals surface area contributed by atoms with Crippen molar-refractivity contribution in [3.8, 4) is 0 Å². The van der Waals surface area contributed by atoms with Crippen LogP contribution in [0.15, 0.2) is 17.6 Å². The van der Waals surface area contributed by atoms with E-state index in [1.165, 1.54) is 10.3 Å². The van der Waals surface area contributed by atoms with E-state index in [1.807, 2.05) is 17.6 Å². The summed E-state index contributed by atoms with van der Waals surface area (Å²) in [5, 5.41) is 0. The predicted molar refractivity (Wildman–Crippen MR) is 48.8 cm³/mol. The van der Waals surface area contributed by atoms with E-state index in [2.05, 4.69) is 11.9 Å². The van der Waals surface area contributed by atoms with Crippen LogP contribution in [-0.4, -0.2) is 4.98 Å². The molecule has 2 rings (SSSR count). The van der Waals surface area contributed by atoms with Crippen molar-refractivity contribution in [2.75, 3.05) is 5.73 Å². The van der Waals surface area contributed by atoms with Crippen LogP contribution < -0.4 is 5.73 Å². The van der Waals surface area contributed by atoms with Crippen molar-refractivity contribution >= 4 is 27.2 Å². The Balaban J connectivity index is 2.96. The average Bonchev–Trinajstić information content (AvgIpc) is 2.45. The lowest BCUT2D eigenvalue weighted by Gasteiger charge is -1.96. The highest BCUT2D eigenvalue weighted by atomic mass is 32.1. The molecule has 0 atom stereocenters. The Morgan fingerprint density at radius 1 is 1.45 bits per heavy atom. The maximum absolute atomic E-state index is 5.71. The molecule has 2 N–H and O–H groups in total. The smallest absolute Gasteiger partial charge is 0.104 e. The number of rotatable bonds is 0. The summed E-state index contributed by atoms with van der Waals surface area (Å²) in [7, 11) is 0. The number of nitrogens with two attached hydrogens (primary N) is 1. The Kier molecular flexibility index (Phi) is 1.32. The summed E-state index contributed by atoms with van der Waals surface area (Å²) in [4.78, 5) is 4.17. The van der Waals surface area contributed by atoms with Crippen LogP contribution >= 0.6 is 11.3 Å². The second-order valence-corrected chi connectivity index (χ2v) is 3.36. The number of aromatic nitrogens is 1. The Hall–Kier alpha value is -1.09. The summed E-state index contributed by atoms with van der Waals surface area (Å²) in [6.07, 6.45) is 0. The minimum Gasteiger partial charge on any atom is -0.397 e. The Morgan fingerprint density at radius 2 is 2.27 bits per heavy atom. The van der Waals surface area contributed by atoms with E-state index in [4.69, 9.17) is 5.73 Å². The lowest BCUT2D eigenvalue weighted by atomic mass is 10.2. The van der Waals surface area contributed by atoms with Crippen LogP contribution in [0.5, 0.6) is 0 Å². The SMILES string of the molecule is Cc1ccc(N)c2ncsc12. The first-order chi connectivity index (χ1) is 5.29. The third-order valence-electron chi connectivity index (χ3n) is 1.71. The third kappa shape index (κ3) is 0.886. The van der Waals surface area contributed by atoms with Gasteiger partial charge < -0.3 is 5.73 Å². The number of hydrogen-bond acceptors (Lipinski definition) is 3. The number of benzene rings is 1. The van der Waals surface area contributed by atoms with Gasteiger partial charge in [-0.25, -0.2) is 4.98 Å². The molecule has 1 aromatic carbocycles. The number of aryl methyl sites for hydroxylation is 1. The molecule has 0 aliphatic heterocycles. The lowest BCUT2D eigenvalue weighted by Crippen LogP contribution is -1.86. The number of anilines is 1. The van der Waals surface area contributed by atoms with E-state index < -0.39 is 0 Å². The van der Waals surface area contributed by atoms with E-state index in [0.29, 0.717) is 0 Å². The molecule has 0 saturated heterocycles. The average molecular weight is 164 g/mol. The molecule has 2 nitrogen and oxygen atoms in total. The summed E-state index contributed by atoms with van der Waals surface area (Å²) >= 11 is 1.64. The zero-order valence-corrected chi connectivity index (χ0v) is 6.98. The Bertz CT molecular complexity index is 356. The molecule has 3 heteroatoms. The molecular weight excluding hydrogens is 156 g/mol. The van der Waals surface area contributed by atoms with Crippen molar-refractivity contribution in [2.45, 2.75) is 6.92 Å². The molecule has 56 valence electrons. The second kappa shape index (κ2) is 2.20. The highest BCUT2D eigenvalue weighted by molar-refractivity contribution is 7.17. The topological polar surface area (TPSA) is 38.9 Å². The molecule has 0 aliphatic rings. The molecule has 0 amide bonds. The van der Waals surface area contributed by atoms with E-state index in [9.17, 15) is 0 Å². The first kappa shape index (κ1) is 6.61. The first-order valence-corrected chi connectivity index (χ1v) is 4.25. The van der Waals surface area contributed by atoms with Crippen molar-refractivity contribution in [3.05, 3.63) is 23.2 Å². The van der Waals surface area contributed by atoms with E-state index in [1.54, 1.807) is 11.3 Å². The zero-order chi connectivity index (χ0) is 7.84. The molecule has 0 bridgehead atoms.